The van der Waals surface area contributed by atoms with Crippen molar-refractivity contribution < 1.29 is 9.53 Å². The summed E-state index contributed by atoms with van der Waals surface area (Å²) in [5.41, 5.74) is 8.86. The average Bonchev–Trinajstić information content (AvgIpc) is 2.26. The van der Waals surface area contributed by atoms with Crippen LogP contribution in [-0.4, -0.2) is 18.1 Å². The Bertz CT molecular complexity index is 448. The van der Waals surface area contributed by atoms with Gasteiger partial charge in [-0.3, -0.25) is 4.79 Å². The normalized spacial score (nSPS) is 11.4. The van der Waals surface area contributed by atoms with Crippen molar-refractivity contribution in [2.45, 2.75) is 40.2 Å². The molecular weight excluding hydrogens is 228 g/mol. The van der Waals surface area contributed by atoms with E-state index in [9.17, 15) is 4.79 Å². The number of aryl methyl sites for hydroxylation is 1. The summed E-state index contributed by atoms with van der Waals surface area (Å²) in [6.45, 7) is 9.67. The van der Waals surface area contributed by atoms with E-state index < -0.39 is 0 Å². The third kappa shape index (κ3) is 4.04. The maximum absolute atomic E-state index is 11.8. The van der Waals surface area contributed by atoms with E-state index in [1.54, 1.807) is 6.07 Å². The van der Waals surface area contributed by atoms with Gasteiger partial charge in [0.2, 0.25) is 5.91 Å². The van der Waals surface area contributed by atoms with E-state index in [-0.39, 0.29) is 18.1 Å². The topological polar surface area (TPSA) is 64.3 Å². The molecule has 0 aliphatic heterocycles. The van der Waals surface area contributed by atoms with Gasteiger partial charge in [0, 0.05) is 0 Å². The lowest BCUT2D eigenvalue weighted by Gasteiger charge is -2.20. The molecule has 0 radical (unpaired) electrons. The third-order valence-electron chi connectivity index (χ3n) is 2.67. The number of benzene rings is 1. The van der Waals surface area contributed by atoms with Crippen LogP contribution in [0.5, 0.6) is 0 Å². The number of nitrogens with one attached hydrogen (secondary N) is 1. The third-order valence-corrected chi connectivity index (χ3v) is 2.67. The molecule has 4 heteroatoms. The molecule has 3 N–H and O–H groups in total. The number of nitrogens with two attached hydrogens (primary N) is 1. The molecule has 1 rings (SSSR count). The number of carbonyl (C=O) groups excluding carboxylic acids is 1. The summed E-state index contributed by atoms with van der Waals surface area (Å²) < 4.78 is 5.42. The number of anilines is 2. The van der Waals surface area contributed by atoms with E-state index in [2.05, 4.69) is 5.32 Å². The zero-order valence-corrected chi connectivity index (χ0v) is 11.8. The first kappa shape index (κ1) is 14.5. The predicted octanol–water partition coefficient (Wildman–Crippen LogP) is 2.64. The summed E-state index contributed by atoms with van der Waals surface area (Å²) in [6, 6.07) is 3.73. The quantitative estimate of drug-likeness (QED) is 0.810. The number of hydrogen-bond donors (Lipinski definition) is 2. The highest BCUT2D eigenvalue weighted by Crippen LogP contribution is 2.25. The fourth-order valence-corrected chi connectivity index (χ4v) is 1.46. The molecule has 1 amide bonds. The Morgan fingerprint density at radius 3 is 2.50 bits per heavy atom. The van der Waals surface area contributed by atoms with Crippen molar-refractivity contribution in [3.05, 3.63) is 23.3 Å². The number of rotatable bonds is 3. The molecule has 0 aromatic heterocycles. The molecule has 0 aliphatic carbocycles. The maximum Gasteiger partial charge on any atom is 0.250 e. The van der Waals surface area contributed by atoms with Crippen LogP contribution in [0, 0.1) is 13.8 Å². The highest BCUT2D eigenvalue weighted by molar-refractivity contribution is 5.95. The van der Waals surface area contributed by atoms with Crippen LogP contribution in [0.15, 0.2) is 12.1 Å². The highest BCUT2D eigenvalue weighted by atomic mass is 16.5. The van der Waals surface area contributed by atoms with Gasteiger partial charge in [-0.1, -0.05) is 6.07 Å². The van der Waals surface area contributed by atoms with Gasteiger partial charge < -0.3 is 15.8 Å². The predicted molar refractivity (Wildman–Crippen MR) is 74.7 cm³/mol. The van der Waals surface area contributed by atoms with Crippen LogP contribution in [-0.2, 0) is 9.53 Å². The second-order valence-corrected chi connectivity index (χ2v) is 5.42. The van der Waals surface area contributed by atoms with Gasteiger partial charge in [0.1, 0.15) is 6.61 Å². The Morgan fingerprint density at radius 1 is 1.33 bits per heavy atom. The molecule has 1 aromatic rings. The second kappa shape index (κ2) is 5.40. The van der Waals surface area contributed by atoms with Crippen LogP contribution in [0.1, 0.15) is 31.9 Å². The summed E-state index contributed by atoms with van der Waals surface area (Å²) in [6.07, 6.45) is 0. The molecule has 0 fully saturated rings. The zero-order valence-electron chi connectivity index (χ0n) is 11.8. The van der Waals surface area contributed by atoms with Gasteiger partial charge in [-0.15, -0.1) is 0 Å². The maximum atomic E-state index is 11.8. The summed E-state index contributed by atoms with van der Waals surface area (Å²) in [4.78, 5) is 11.8. The van der Waals surface area contributed by atoms with Crippen LogP contribution in [0.2, 0.25) is 0 Å². The SMILES string of the molecule is Cc1ccc(N)c(NC(=O)COC(C)(C)C)c1C. The summed E-state index contributed by atoms with van der Waals surface area (Å²) >= 11 is 0. The zero-order chi connectivity index (χ0) is 13.9. The molecule has 0 saturated carbocycles. The molecular formula is C14H22N2O2. The molecule has 0 spiro atoms. The highest BCUT2D eigenvalue weighted by Gasteiger charge is 2.14. The van der Waals surface area contributed by atoms with Gasteiger partial charge in [0.05, 0.1) is 17.0 Å². The van der Waals surface area contributed by atoms with Gasteiger partial charge in [0.15, 0.2) is 0 Å². The molecule has 0 heterocycles. The Kier molecular flexibility index (Phi) is 4.35. The molecule has 4 nitrogen and oxygen atoms in total. The number of nitrogen functional groups attached to an aromatic ring is 1. The van der Waals surface area contributed by atoms with Gasteiger partial charge in [-0.2, -0.15) is 0 Å². The van der Waals surface area contributed by atoms with E-state index >= 15 is 0 Å². The fourth-order valence-electron chi connectivity index (χ4n) is 1.46. The monoisotopic (exact) mass is 250 g/mol. The lowest BCUT2D eigenvalue weighted by atomic mass is 10.1. The standard InChI is InChI=1S/C14H22N2O2/c1-9-6-7-11(15)13(10(9)2)16-12(17)8-18-14(3,4)5/h6-7H,8,15H2,1-5H3,(H,16,17). The number of ether oxygens (including phenoxy) is 1. The Hall–Kier alpha value is -1.55. The van der Waals surface area contributed by atoms with E-state index in [1.807, 2.05) is 40.7 Å². The molecule has 0 unspecified atom stereocenters. The van der Waals surface area contributed by atoms with Gasteiger partial charge in [-0.25, -0.2) is 0 Å². The Balaban J connectivity index is 2.74. The minimum atomic E-state index is -0.329. The Labute approximate surface area is 109 Å². The lowest BCUT2D eigenvalue weighted by molar-refractivity contribution is -0.125. The average molecular weight is 250 g/mol. The van der Waals surface area contributed by atoms with Crippen LogP contribution in [0.3, 0.4) is 0 Å². The van der Waals surface area contributed by atoms with Crippen LogP contribution in [0.4, 0.5) is 11.4 Å². The first-order valence-electron chi connectivity index (χ1n) is 6.00. The largest absolute Gasteiger partial charge is 0.397 e. The number of carbonyl (C=O) groups is 1. The summed E-state index contributed by atoms with van der Waals surface area (Å²) in [5.74, 6) is -0.190. The van der Waals surface area contributed by atoms with E-state index in [0.717, 1.165) is 11.1 Å². The van der Waals surface area contributed by atoms with Gasteiger partial charge in [-0.05, 0) is 51.8 Å². The van der Waals surface area contributed by atoms with Crippen LogP contribution >= 0.6 is 0 Å². The van der Waals surface area contributed by atoms with Gasteiger partial charge >= 0.3 is 0 Å². The first-order valence-corrected chi connectivity index (χ1v) is 6.00. The lowest BCUT2D eigenvalue weighted by Crippen LogP contribution is -2.27. The van der Waals surface area contributed by atoms with E-state index in [1.165, 1.54) is 0 Å². The van der Waals surface area contributed by atoms with Crippen LogP contribution in [0.25, 0.3) is 0 Å². The smallest absolute Gasteiger partial charge is 0.250 e. The molecule has 18 heavy (non-hydrogen) atoms. The molecule has 0 aliphatic rings. The molecule has 0 atom stereocenters. The van der Waals surface area contributed by atoms with Crippen molar-refractivity contribution in [2.24, 2.45) is 0 Å². The van der Waals surface area contributed by atoms with Crippen LogP contribution < -0.4 is 11.1 Å². The summed E-state index contributed by atoms with van der Waals surface area (Å²) in [5, 5.41) is 2.80. The van der Waals surface area contributed by atoms with Crippen molar-refractivity contribution in [2.75, 3.05) is 17.7 Å². The van der Waals surface area contributed by atoms with E-state index in [0.29, 0.717) is 11.4 Å². The minimum Gasteiger partial charge on any atom is -0.397 e. The summed E-state index contributed by atoms with van der Waals surface area (Å²) in [7, 11) is 0. The van der Waals surface area contributed by atoms with Gasteiger partial charge in [0.25, 0.3) is 0 Å². The second-order valence-electron chi connectivity index (χ2n) is 5.42. The first-order chi connectivity index (χ1) is 8.20. The Morgan fingerprint density at radius 2 is 1.94 bits per heavy atom. The minimum absolute atomic E-state index is 0.0241. The van der Waals surface area contributed by atoms with Crippen molar-refractivity contribution in [3.63, 3.8) is 0 Å². The fraction of sp³-hybridized carbons (Fsp3) is 0.500. The molecule has 0 bridgehead atoms. The van der Waals surface area contributed by atoms with E-state index in [4.69, 9.17) is 10.5 Å². The van der Waals surface area contributed by atoms with Crippen molar-refractivity contribution >= 4 is 17.3 Å². The van der Waals surface area contributed by atoms with Crippen molar-refractivity contribution in [1.29, 1.82) is 0 Å². The number of hydrogen-bond acceptors (Lipinski definition) is 3. The number of amides is 1. The van der Waals surface area contributed by atoms with Crippen molar-refractivity contribution in [1.82, 2.24) is 0 Å². The molecule has 100 valence electrons. The van der Waals surface area contributed by atoms with Crippen molar-refractivity contribution in [3.8, 4) is 0 Å². The molecule has 0 saturated heterocycles. The molecule has 1 aromatic carbocycles.